The molecule has 5 nitrogen and oxygen atoms in total. The summed E-state index contributed by atoms with van der Waals surface area (Å²) >= 11 is 0. The fourth-order valence-corrected chi connectivity index (χ4v) is 3.62. The third kappa shape index (κ3) is 3.85. The maximum Gasteiger partial charge on any atom is 0.407 e. The highest BCUT2D eigenvalue weighted by Crippen LogP contribution is 2.35. The van der Waals surface area contributed by atoms with Gasteiger partial charge >= 0.3 is 6.09 Å². The third-order valence-electron chi connectivity index (χ3n) is 4.89. The van der Waals surface area contributed by atoms with Crippen LogP contribution in [0.5, 0.6) is 0 Å². The van der Waals surface area contributed by atoms with E-state index in [1.807, 2.05) is 0 Å². The lowest BCUT2D eigenvalue weighted by Gasteiger charge is -2.48. The lowest BCUT2D eigenvalue weighted by Crippen LogP contribution is -2.57. The number of amides is 1. The number of nitrogens with zero attached hydrogens (tertiary/aromatic N) is 1. The smallest absolute Gasteiger partial charge is 0.407 e. The molecule has 1 saturated heterocycles. The zero-order chi connectivity index (χ0) is 14.5. The number of aliphatic hydroxyl groups excluding tert-OH is 1. The van der Waals surface area contributed by atoms with Crippen LogP contribution in [0.3, 0.4) is 0 Å². The second-order valence-corrected chi connectivity index (χ2v) is 6.38. The molecule has 2 rings (SSSR count). The Morgan fingerprint density at radius 1 is 1.40 bits per heavy atom. The molecule has 5 heteroatoms. The van der Waals surface area contributed by atoms with E-state index in [1.165, 1.54) is 20.0 Å². The Kier molecular flexibility index (Phi) is 5.66. The van der Waals surface area contributed by atoms with Crippen LogP contribution in [-0.2, 0) is 4.74 Å². The highest BCUT2D eigenvalue weighted by Gasteiger charge is 2.37. The Morgan fingerprint density at radius 3 is 2.75 bits per heavy atom. The molecule has 4 unspecified atom stereocenters. The fraction of sp³-hybridized carbons (Fsp3) is 0.933. The Labute approximate surface area is 121 Å². The Hall–Kier alpha value is -0.810. The first-order valence-electron chi connectivity index (χ1n) is 7.83. The summed E-state index contributed by atoms with van der Waals surface area (Å²) in [5, 5.41) is 12.0. The van der Waals surface area contributed by atoms with Crippen molar-refractivity contribution in [3.63, 3.8) is 0 Å². The molecule has 1 saturated carbocycles. The number of carbonyl (C=O) groups excluding carboxylic acids is 1. The van der Waals surface area contributed by atoms with Crippen LogP contribution < -0.4 is 5.32 Å². The number of aliphatic hydroxyl groups is 1. The topological polar surface area (TPSA) is 61.8 Å². The average molecular weight is 284 g/mol. The molecule has 0 aromatic carbocycles. The number of likely N-dealkylation sites (tertiary alicyclic amines) is 1. The van der Waals surface area contributed by atoms with Crippen molar-refractivity contribution < 1.29 is 14.6 Å². The van der Waals surface area contributed by atoms with Crippen LogP contribution in [0.15, 0.2) is 0 Å². The summed E-state index contributed by atoms with van der Waals surface area (Å²) in [5.74, 6) is 1.33. The van der Waals surface area contributed by atoms with E-state index in [1.54, 1.807) is 0 Å². The number of ether oxygens (including phenoxy) is 1. The quantitative estimate of drug-likeness (QED) is 0.805. The van der Waals surface area contributed by atoms with Gasteiger partial charge in [0.05, 0.1) is 7.11 Å². The van der Waals surface area contributed by atoms with Crippen molar-refractivity contribution >= 4 is 6.09 Å². The maximum absolute atomic E-state index is 11.4. The van der Waals surface area contributed by atoms with Gasteiger partial charge in [-0.15, -0.1) is 0 Å². The van der Waals surface area contributed by atoms with Crippen LogP contribution in [-0.4, -0.2) is 55.0 Å². The second kappa shape index (κ2) is 7.27. The highest BCUT2D eigenvalue weighted by molar-refractivity contribution is 5.67. The first-order chi connectivity index (χ1) is 9.63. The summed E-state index contributed by atoms with van der Waals surface area (Å²) in [4.78, 5) is 14.0. The minimum absolute atomic E-state index is 0.174. The van der Waals surface area contributed by atoms with E-state index in [0.29, 0.717) is 12.0 Å². The standard InChI is InChI=1S/C15H28N2O3/c1-11-5-6-14(11)17-9-12(4-3-7-18)8-13(10-17)16-15(19)20-2/h11-14,18H,3-10H2,1-2H3,(H,16,19). The van der Waals surface area contributed by atoms with Crippen LogP contribution in [0, 0.1) is 11.8 Å². The number of alkyl carbamates (subject to hydrolysis) is 1. The zero-order valence-electron chi connectivity index (χ0n) is 12.7. The van der Waals surface area contributed by atoms with E-state index in [2.05, 4.69) is 17.1 Å². The van der Waals surface area contributed by atoms with Gasteiger partial charge in [-0.2, -0.15) is 0 Å². The van der Waals surface area contributed by atoms with Gasteiger partial charge in [-0.25, -0.2) is 4.79 Å². The second-order valence-electron chi connectivity index (χ2n) is 6.38. The summed E-state index contributed by atoms with van der Waals surface area (Å²) in [6.07, 6.45) is 5.14. The third-order valence-corrected chi connectivity index (χ3v) is 4.89. The summed E-state index contributed by atoms with van der Waals surface area (Å²) < 4.78 is 4.72. The van der Waals surface area contributed by atoms with Gasteiger partial charge in [0.1, 0.15) is 0 Å². The molecule has 1 aliphatic carbocycles. The Balaban J connectivity index is 1.92. The number of nitrogens with one attached hydrogen (secondary N) is 1. The van der Waals surface area contributed by atoms with Crippen molar-refractivity contribution in [2.75, 3.05) is 26.8 Å². The van der Waals surface area contributed by atoms with Crippen LogP contribution in [0.25, 0.3) is 0 Å². The molecule has 0 aromatic rings. The highest BCUT2D eigenvalue weighted by atomic mass is 16.5. The molecule has 4 atom stereocenters. The van der Waals surface area contributed by atoms with Gasteiger partial charge in [0.25, 0.3) is 0 Å². The van der Waals surface area contributed by atoms with Gasteiger partial charge in [-0.05, 0) is 43.9 Å². The number of piperidine rings is 1. The van der Waals surface area contributed by atoms with Crippen LogP contribution in [0.1, 0.15) is 39.0 Å². The van der Waals surface area contributed by atoms with Crippen molar-refractivity contribution in [2.24, 2.45) is 11.8 Å². The molecular weight excluding hydrogens is 256 g/mol. The van der Waals surface area contributed by atoms with Gasteiger partial charge in [-0.3, -0.25) is 4.90 Å². The van der Waals surface area contributed by atoms with Crippen LogP contribution in [0.4, 0.5) is 4.79 Å². The van der Waals surface area contributed by atoms with E-state index in [0.717, 1.165) is 38.3 Å². The average Bonchev–Trinajstić information content (AvgIpc) is 2.43. The van der Waals surface area contributed by atoms with Crippen molar-refractivity contribution in [2.45, 2.75) is 51.1 Å². The summed E-state index contributed by atoms with van der Waals surface area (Å²) in [6, 6.07) is 0.849. The largest absolute Gasteiger partial charge is 0.453 e. The van der Waals surface area contributed by atoms with E-state index in [4.69, 9.17) is 9.84 Å². The monoisotopic (exact) mass is 284 g/mol. The van der Waals surface area contributed by atoms with Crippen molar-refractivity contribution in [1.29, 1.82) is 0 Å². The fourth-order valence-electron chi connectivity index (χ4n) is 3.62. The molecule has 20 heavy (non-hydrogen) atoms. The van der Waals surface area contributed by atoms with E-state index in [-0.39, 0.29) is 18.7 Å². The SMILES string of the molecule is COC(=O)NC1CC(CCCO)CN(C2CCC2C)C1. The minimum atomic E-state index is -0.334. The molecule has 1 heterocycles. The maximum atomic E-state index is 11.4. The molecule has 2 aliphatic rings. The van der Waals surface area contributed by atoms with E-state index in [9.17, 15) is 4.79 Å². The predicted octanol–water partition coefficient (Wildman–Crippen LogP) is 1.60. The van der Waals surface area contributed by atoms with Crippen molar-refractivity contribution in [3.05, 3.63) is 0 Å². The van der Waals surface area contributed by atoms with E-state index < -0.39 is 0 Å². The normalized spacial score (nSPS) is 34.4. The van der Waals surface area contributed by atoms with Gasteiger partial charge in [0.15, 0.2) is 0 Å². The number of hydrogen-bond donors (Lipinski definition) is 2. The lowest BCUT2D eigenvalue weighted by molar-refractivity contribution is 0.0199. The number of methoxy groups -OCH3 is 1. The van der Waals surface area contributed by atoms with Gasteiger partial charge in [0.2, 0.25) is 0 Å². The molecule has 0 spiro atoms. The molecular formula is C15H28N2O3. The molecule has 0 radical (unpaired) electrons. The van der Waals surface area contributed by atoms with Crippen LogP contribution >= 0.6 is 0 Å². The Morgan fingerprint density at radius 2 is 2.20 bits per heavy atom. The summed E-state index contributed by atoms with van der Waals surface area (Å²) in [7, 11) is 1.41. The number of rotatable bonds is 5. The molecule has 2 fully saturated rings. The van der Waals surface area contributed by atoms with Crippen LogP contribution in [0.2, 0.25) is 0 Å². The minimum Gasteiger partial charge on any atom is -0.453 e. The van der Waals surface area contributed by atoms with E-state index >= 15 is 0 Å². The zero-order valence-corrected chi connectivity index (χ0v) is 12.7. The number of hydrogen-bond acceptors (Lipinski definition) is 4. The van der Waals surface area contributed by atoms with Crippen molar-refractivity contribution in [3.8, 4) is 0 Å². The van der Waals surface area contributed by atoms with Gasteiger partial charge in [-0.1, -0.05) is 6.92 Å². The van der Waals surface area contributed by atoms with Crippen molar-refractivity contribution in [1.82, 2.24) is 10.2 Å². The molecule has 0 aromatic heterocycles. The number of carbonyl (C=O) groups is 1. The Bertz CT molecular complexity index is 324. The summed E-state index contributed by atoms with van der Waals surface area (Å²) in [6.45, 7) is 4.60. The molecule has 2 N–H and O–H groups in total. The van der Waals surface area contributed by atoms with Gasteiger partial charge < -0.3 is 15.2 Å². The molecule has 1 amide bonds. The predicted molar refractivity (Wildman–Crippen MR) is 77.5 cm³/mol. The summed E-state index contributed by atoms with van der Waals surface area (Å²) in [5.41, 5.74) is 0. The first-order valence-corrected chi connectivity index (χ1v) is 7.83. The molecule has 0 bridgehead atoms. The first kappa shape index (κ1) is 15.6. The molecule has 1 aliphatic heterocycles. The molecule has 116 valence electrons. The van der Waals surface area contributed by atoms with Gasteiger partial charge in [0, 0.05) is 31.8 Å². The lowest BCUT2D eigenvalue weighted by atomic mass is 9.78.